The van der Waals surface area contributed by atoms with Gasteiger partial charge in [0.25, 0.3) is 0 Å². The molecule has 2 N–H and O–H groups in total. The number of carbonyl (C=O) groups excluding carboxylic acids is 1. The Morgan fingerprint density at radius 2 is 1.67 bits per heavy atom. The van der Waals surface area contributed by atoms with Gasteiger partial charge >= 0.3 is 5.78 Å². The van der Waals surface area contributed by atoms with Gasteiger partial charge in [0.2, 0.25) is 0 Å². The number of ketones is 1. The average molecular weight is 165 g/mol. The molecule has 0 heterocycles. The van der Waals surface area contributed by atoms with Gasteiger partial charge in [-0.25, -0.2) is 0 Å². The monoisotopic (exact) mass is 165 g/mol. The third kappa shape index (κ3) is 1.92. The molecule has 64 valence electrons. The zero-order chi connectivity index (χ0) is 9.14. The molecule has 0 bridgehead atoms. The van der Waals surface area contributed by atoms with Crippen LogP contribution in [0.1, 0.15) is 12.5 Å². The van der Waals surface area contributed by atoms with Crippen LogP contribution in [0.4, 0.5) is 5.69 Å². The van der Waals surface area contributed by atoms with Crippen LogP contribution in [-0.2, 0) is 0 Å². The normalized spacial score (nSPS) is 10.3. The van der Waals surface area contributed by atoms with Gasteiger partial charge in [0.1, 0.15) is 5.69 Å². The van der Waals surface area contributed by atoms with E-state index in [1.54, 1.807) is 6.92 Å². The van der Waals surface area contributed by atoms with Gasteiger partial charge in [-0.15, -0.1) is 0 Å². The van der Waals surface area contributed by atoms with Crippen LogP contribution < -0.4 is 4.90 Å². The predicted molar refractivity (Wildman–Crippen MR) is 50.6 cm³/mol. The van der Waals surface area contributed by atoms with Gasteiger partial charge in [0, 0.05) is 0 Å². The summed E-state index contributed by atoms with van der Waals surface area (Å²) in [4.78, 5) is 10.5. The molecule has 1 rings (SSSR count). The van der Waals surface area contributed by atoms with E-state index in [-0.39, 0.29) is 0 Å². The third-order valence-electron chi connectivity index (χ3n) is 1.88. The molecule has 0 fully saturated rings. The van der Waals surface area contributed by atoms with Crippen molar-refractivity contribution in [3.63, 3.8) is 0 Å². The Labute approximate surface area is 72.8 Å². The molecule has 12 heavy (non-hydrogen) atoms. The van der Waals surface area contributed by atoms with Crippen molar-refractivity contribution in [2.75, 3.05) is 14.1 Å². The van der Waals surface area contributed by atoms with E-state index < -0.39 is 0 Å². The van der Waals surface area contributed by atoms with E-state index in [1.807, 2.05) is 24.3 Å². The Morgan fingerprint density at radius 3 is 2.00 bits per heavy atom. The summed E-state index contributed by atoms with van der Waals surface area (Å²) in [5.41, 5.74) is 2.11. The summed E-state index contributed by atoms with van der Waals surface area (Å²) < 4.78 is 0. The van der Waals surface area contributed by atoms with Crippen LogP contribution >= 0.6 is 0 Å². The second-order valence-electron chi connectivity index (χ2n) is 3.16. The molecule has 0 aliphatic heterocycles. The molecule has 1 aromatic rings. The minimum atomic E-state index is 0.371. The second-order valence-corrected chi connectivity index (χ2v) is 3.16. The van der Waals surface area contributed by atoms with Crippen LogP contribution in [-0.4, -0.2) is 24.7 Å². The standard InChI is InChI=1S/C10H13NO/c1-8(12)9-4-6-10(7-5-9)11(2)3/h4-7H,1-3H3/p+2. The molecule has 0 aliphatic carbocycles. The quantitative estimate of drug-likeness (QED) is 0.484. The Morgan fingerprint density at radius 1 is 1.17 bits per heavy atom. The predicted octanol–water partition coefficient (Wildman–Crippen LogP) is 0.375. The molecule has 0 aromatic heterocycles. The molecule has 0 amide bonds. The van der Waals surface area contributed by atoms with Gasteiger partial charge in [0.05, 0.1) is 26.6 Å². The van der Waals surface area contributed by atoms with Gasteiger partial charge < -0.3 is 4.90 Å². The fraction of sp³-hybridized carbons (Fsp3) is 0.300. The van der Waals surface area contributed by atoms with E-state index in [0.29, 0.717) is 5.78 Å². The lowest BCUT2D eigenvalue weighted by molar-refractivity contribution is -0.786. The van der Waals surface area contributed by atoms with E-state index >= 15 is 0 Å². The fourth-order valence-electron chi connectivity index (χ4n) is 1.04. The molecule has 2 nitrogen and oxygen atoms in total. The number of benzene rings is 1. The summed E-state index contributed by atoms with van der Waals surface area (Å²) in [5, 5.41) is 0. The van der Waals surface area contributed by atoms with Gasteiger partial charge in [-0.3, -0.25) is 4.79 Å². The highest BCUT2D eigenvalue weighted by molar-refractivity contribution is 5.94. The zero-order valence-electron chi connectivity index (χ0n) is 7.76. The minimum absolute atomic E-state index is 0.371. The van der Waals surface area contributed by atoms with Crippen LogP contribution in [0, 0.1) is 0 Å². The number of hydrogen-bond acceptors (Lipinski definition) is 0. The Bertz CT molecular complexity index is 274. The molecule has 0 aliphatic rings. The molecule has 0 spiro atoms. The van der Waals surface area contributed by atoms with E-state index in [2.05, 4.69) is 14.1 Å². The summed E-state index contributed by atoms with van der Waals surface area (Å²) in [6.45, 7) is 1.69. The average Bonchev–Trinajstić information content (AvgIpc) is 2.04. The first-order valence-corrected chi connectivity index (χ1v) is 4.04. The highest BCUT2D eigenvalue weighted by atomic mass is 16.1. The topological polar surface area (TPSA) is 25.8 Å². The van der Waals surface area contributed by atoms with E-state index in [4.69, 9.17) is 4.79 Å². The molecule has 0 saturated carbocycles. The van der Waals surface area contributed by atoms with Crippen LogP contribution in [0.15, 0.2) is 24.3 Å². The maximum absolute atomic E-state index is 9.16. The summed E-state index contributed by atoms with van der Waals surface area (Å²) in [5.74, 6) is 0.371. The van der Waals surface area contributed by atoms with Crippen molar-refractivity contribution in [3.8, 4) is 0 Å². The van der Waals surface area contributed by atoms with Crippen molar-refractivity contribution in [1.82, 2.24) is 0 Å². The van der Waals surface area contributed by atoms with Crippen LogP contribution in [0.3, 0.4) is 0 Å². The Balaban J connectivity index is 2.93. The lowest BCUT2D eigenvalue weighted by Crippen LogP contribution is -3.00. The lowest BCUT2D eigenvalue weighted by atomic mass is 10.1. The zero-order valence-corrected chi connectivity index (χ0v) is 7.76. The summed E-state index contributed by atoms with van der Waals surface area (Å²) >= 11 is 0. The fourth-order valence-corrected chi connectivity index (χ4v) is 1.04. The SMILES string of the molecule is CC(=[OH+])c1ccc([NH+](C)C)cc1. The van der Waals surface area contributed by atoms with Crippen LogP contribution in [0.5, 0.6) is 0 Å². The van der Waals surface area contributed by atoms with Crippen molar-refractivity contribution >= 4 is 11.5 Å². The minimum Gasteiger partial charge on any atom is -0.307 e. The first kappa shape index (κ1) is 8.94. The Kier molecular flexibility index (Phi) is 2.61. The Hall–Kier alpha value is -1.15. The number of nitrogens with one attached hydrogen (secondary N) is 1. The summed E-state index contributed by atoms with van der Waals surface area (Å²) in [6, 6.07) is 7.89. The molecule has 0 saturated heterocycles. The molecule has 1 aromatic carbocycles. The van der Waals surface area contributed by atoms with Crippen molar-refractivity contribution in [1.29, 1.82) is 0 Å². The van der Waals surface area contributed by atoms with Gasteiger partial charge in [-0.1, -0.05) is 0 Å². The third-order valence-corrected chi connectivity index (χ3v) is 1.88. The van der Waals surface area contributed by atoms with Crippen molar-refractivity contribution < 1.29 is 9.69 Å². The first-order valence-electron chi connectivity index (χ1n) is 4.04. The molecular formula is C10H15NO+2. The second kappa shape index (κ2) is 3.50. The van der Waals surface area contributed by atoms with Crippen LogP contribution in [0.25, 0.3) is 0 Å². The van der Waals surface area contributed by atoms with Crippen molar-refractivity contribution in [2.24, 2.45) is 0 Å². The first-order chi connectivity index (χ1) is 5.61. The highest BCUT2D eigenvalue weighted by Crippen LogP contribution is 2.04. The largest absolute Gasteiger partial charge is 0.320 e. The number of quaternary nitrogens is 1. The molecule has 2 heteroatoms. The summed E-state index contributed by atoms with van der Waals surface area (Å²) in [7, 11) is 4.15. The smallest absolute Gasteiger partial charge is 0.307 e. The van der Waals surface area contributed by atoms with Crippen LogP contribution in [0.2, 0.25) is 0 Å². The van der Waals surface area contributed by atoms with Gasteiger partial charge in [-0.2, -0.15) is 0 Å². The van der Waals surface area contributed by atoms with Crippen molar-refractivity contribution in [2.45, 2.75) is 6.92 Å². The van der Waals surface area contributed by atoms with Gasteiger partial charge in [-0.05, 0) is 24.3 Å². The van der Waals surface area contributed by atoms with Gasteiger partial charge in [0.15, 0.2) is 0 Å². The van der Waals surface area contributed by atoms with Crippen molar-refractivity contribution in [3.05, 3.63) is 29.8 Å². The van der Waals surface area contributed by atoms with E-state index in [1.165, 1.54) is 10.6 Å². The maximum atomic E-state index is 9.16. The van der Waals surface area contributed by atoms with E-state index in [0.717, 1.165) is 5.56 Å². The summed E-state index contributed by atoms with van der Waals surface area (Å²) in [6.07, 6.45) is 0. The molecular weight excluding hydrogens is 150 g/mol. The number of hydrogen-bond donors (Lipinski definition) is 1. The highest BCUT2D eigenvalue weighted by Gasteiger charge is 2.05. The molecule has 0 radical (unpaired) electrons. The molecule has 0 atom stereocenters. The van der Waals surface area contributed by atoms with E-state index in [9.17, 15) is 0 Å². The lowest BCUT2D eigenvalue weighted by Gasteiger charge is -2.05. The number of rotatable bonds is 2. The maximum Gasteiger partial charge on any atom is 0.320 e. The molecule has 0 unspecified atom stereocenters.